The quantitative estimate of drug-likeness (QED) is 0.922. The summed E-state index contributed by atoms with van der Waals surface area (Å²) in [6.07, 6.45) is 5.70. The number of hydrogen-bond acceptors (Lipinski definition) is 3. The highest BCUT2D eigenvalue weighted by Crippen LogP contribution is 2.25. The molecular weight excluding hydrogens is 302 g/mol. The Morgan fingerprint density at radius 3 is 2.92 bits per heavy atom. The number of aromatic nitrogens is 2. The van der Waals surface area contributed by atoms with E-state index in [1.165, 1.54) is 25.8 Å². The molecule has 6 nitrogen and oxygen atoms in total. The van der Waals surface area contributed by atoms with Gasteiger partial charge in [-0.25, -0.2) is 9.78 Å². The minimum absolute atomic E-state index is 0.00238. The number of carbonyl (C=O) groups excluding carboxylic acids is 1. The van der Waals surface area contributed by atoms with E-state index in [1.807, 2.05) is 34.7 Å². The highest BCUT2D eigenvalue weighted by molar-refractivity contribution is 5.92. The van der Waals surface area contributed by atoms with Crippen LogP contribution in [0.25, 0.3) is 11.0 Å². The van der Waals surface area contributed by atoms with E-state index in [-0.39, 0.29) is 6.03 Å². The summed E-state index contributed by atoms with van der Waals surface area (Å²) in [6, 6.07) is 7.02. The Kier molecular flexibility index (Phi) is 3.92. The maximum absolute atomic E-state index is 12.4. The first-order valence-electron chi connectivity index (χ1n) is 8.84. The van der Waals surface area contributed by atoms with Crippen LogP contribution in [0.1, 0.15) is 26.2 Å². The summed E-state index contributed by atoms with van der Waals surface area (Å²) in [4.78, 5) is 21.2. The van der Waals surface area contributed by atoms with Crippen molar-refractivity contribution in [1.29, 1.82) is 0 Å². The van der Waals surface area contributed by atoms with Gasteiger partial charge in [0.1, 0.15) is 0 Å². The minimum atomic E-state index is -0.00238. The number of nitrogens with zero attached hydrogens (tertiary/aromatic N) is 4. The SMILES string of the molecule is C[C@H]1CCCCN1C1CN(C(=O)Nc2ccc3ncn(C)c3c2)C1. The molecule has 1 aromatic carbocycles. The fourth-order valence-electron chi connectivity index (χ4n) is 3.90. The van der Waals surface area contributed by atoms with Crippen molar-refractivity contribution < 1.29 is 4.79 Å². The topological polar surface area (TPSA) is 53.4 Å². The van der Waals surface area contributed by atoms with Gasteiger partial charge in [0.25, 0.3) is 0 Å². The second kappa shape index (κ2) is 6.09. The van der Waals surface area contributed by atoms with Gasteiger partial charge in [0, 0.05) is 37.9 Å². The molecule has 2 aliphatic heterocycles. The summed E-state index contributed by atoms with van der Waals surface area (Å²) in [5, 5.41) is 3.02. The summed E-state index contributed by atoms with van der Waals surface area (Å²) in [5.74, 6) is 0. The van der Waals surface area contributed by atoms with E-state index in [0.717, 1.165) is 29.8 Å². The molecule has 0 saturated carbocycles. The normalized spacial score (nSPS) is 22.6. The van der Waals surface area contributed by atoms with Gasteiger partial charge in [0.05, 0.1) is 17.4 Å². The molecule has 3 heterocycles. The highest BCUT2D eigenvalue weighted by atomic mass is 16.2. The molecule has 1 atom stereocenters. The summed E-state index contributed by atoms with van der Waals surface area (Å²) in [6.45, 7) is 5.16. The Balaban J connectivity index is 1.36. The predicted molar refractivity (Wildman–Crippen MR) is 95.1 cm³/mol. The number of likely N-dealkylation sites (tertiary alicyclic amines) is 2. The van der Waals surface area contributed by atoms with Gasteiger partial charge in [0.2, 0.25) is 0 Å². The van der Waals surface area contributed by atoms with E-state index in [4.69, 9.17) is 0 Å². The molecule has 0 bridgehead atoms. The van der Waals surface area contributed by atoms with Crippen molar-refractivity contribution in [2.45, 2.75) is 38.3 Å². The Morgan fingerprint density at radius 2 is 2.12 bits per heavy atom. The molecule has 1 N–H and O–H groups in total. The lowest BCUT2D eigenvalue weighted by molar-refractivity contribution is 0.0199. The maximum Gasteiger partial charge on any atom is 0.321 e. The van der Waals surface area contributed by atoms with Crippen LogP contribution < -0.4 is 5.32 Å². The average Bonchev–Trinajstić information content (AvgIpc) is 2.89. The fourth-order valence-corrected chi connectivity index (χ4v) is 3.90. The molecule has 6 heteroatoms. The molecule has 0 radical (unpaired) electrons. The predicted octanol–water partition coefficient (Wildman–Crippen LogP) is 2.66. The standard InChI is InChI=1S/C18H25N5O/c1-13-5-3-4-8-23(13)15-10-22(11-15)18(24)20-14-6-7-16-17(9-14)21(2)12-19-16/h6-7,9,12-13,15H,3-5,8,10-11H2,1-2H3,(H,20,24)/t13-/m0/s1. The Morgan fingerprint density at radius 1 is 1.29 bits per heavy atom. The zero-order valence-electron chi connectivity index (χ0n) is 14.4. The molecule has 0 spiro atoms. The van der Waals surface area contributed by atoms with E-state index >= 15 is 0 Å². The minimum Gasteiger partial charge on any atom is -0.334 e. The van der Waals surface area contributed by atoms with Crippen LogP contribution in [0.4, 0.5) is 10.5 Å². The van der Waals surface area contributed by atoms with E-state index in [1.54, 1.807) is 6.33 Å². The van der Waals surface area contributed by atoms with E-state index in [0.29, 0.717) is 12.1 Å². The van der Waals surface area contributed by atoms with E-state index < -0.39 is 0 Å². The zero-order chi connectivity index (χ0) is 16.7. The molecule has 1 aromatic heterocycles. The number of nitrogens with one attached hydrogen (secondary N) is 1. The van der Waals surface area contributed by atoms with Crippen molar-refractivity contribution in [2.24, 2.45) is 7.05 Å². The Bertz CT molecular complexity index is 749. The van der Waals surface area contributed by atoms with Crippen LogP contribution in [0.15, 0.2) is 24.5 Å². The number of rotatable bonds is 2. The van der Waals surface area contributed by atoms with Gasteiger partial charge < -0.3 is 14.8 Å². The van der Waals surface area contributed by atoms with Crippen molar-refractivity contribution in [3.63, 3.8) is 0 Å². The van der Waals surface area contributed by atoms with Crippen molar-refractivity contribution in [2.75, 3.05) is 25.0 Å². The molecule has 0 unspecified atom stereocenters. The van der Waals surface area contributed by atoms with Gasteiger partial charge in [-0.05, 0) is 44.5 Å². The monoisotopic (exact) mass is 327 g/mol. The van der Waals surface area contributed by atoms with Crippen molar-refractivity contribution >= 4 is 22.8 Å². The molecule has 2 saturated heterocycles. The number of aryl methyl sites for hydroxylation is 1. The molecule has 2 aromatic rings. The van der Waals surface area contributed by atoms with Gasteiger partial charge in [-0.3, -0.25) is 4.90 Å². The van der Waals surface area contributed by atoms with Crippen LogP contribution in [0.5, 0.6) is 0 Å². The maximum atomic E-state index is 12.4. The third kappa shape index (κ3) is 2.75. The molecule has 2 aliphatic rings. The molecule has 2 fully saturated rings. The van der Waals surface area contributed by atoms with Gasteiger partial charge in [-0.1, -0.05) is 6.42 Å². The van der Waals surface area contributed by atoms with Crippen LogP contribution in [0.3, 0.4) is 0 Å². The first-order valence-corrected chi connectivity index (χ1v) is 8.84. The summed E-state index contributed by atoms with van der Waals surface area (Å²) >= 11 is 0. The zero-order valence-corrected chi connectivity index (χ0v) is 14.4. The molecule has 2 amide bonds. The number of imidazole rings is 1. The largest absolute Gasteiger partial charge is 0.334 e. The molecular formula is C18H25N5O. The smallest absolute Gasteiger partial charge is 0.321 e. The summed E-state index contributed by atoms with van der Waals surface area (Å²) in [7, 11) is 1.96. The highest BCUT2D eigenvalue weighted by Gasteiger charge is 2.37. The number of hydrogen-bond donors (Lipinski definition) is 1. The number of benzene rings is 1. The lowest BCUT2D eigenvalue weighted by Crippen LogP contribution is -2.64. The van der Waals surface area contributed by atoms with Gasteiger partial charge >= 0.3 is 6.03 Å². The second-order valence-corrected chi connectivity index (χ2v) is 7.13. The van der Waals surface area contributed by atoms with Gasteiger partial charge in [-0.15, -0.1) is 0 Å². The number of piperidine rings is 1. The first kappa shape index (κ1) is 15.4. The van der Waals surface area contributed by atoms with Gasteiger partial charge in [0.15, 0.2) is 0 Å². The average molecular weight is 327 g/mol. The van der Waals surface area contributed by atoms with E-state index in [2.05, 4.69) is 22.1 Å². The van der Waals surface area contributed by atoms with Gasteiger partial charge in [-0.2, -0.15) is 0 Å². The molecule has 24 heavy (non-hydrogen) atoms. The molecule has 4 rings (SSSR count). The summed E-state index contributed by atoms with van der Waals surface area (Å²) < 4.78 is 1.96. The third-order valence-corrected chi connectivity index (χ3v) is 5.45. The lowest BCUT2D eigenvalue weighted by atomic mass is 9.98. The number of anilines is 1. The van der Waals surface area contributed by atoms with Crippen LogP contribution >= 0.6 is 0 Å². The number of amides is 2. The molecule has 0 aliphatic carbocycles. The number of urea groups is 1. The fraction of sp³-hybridized carbons (Fsp3) is 0.556. The van der Waals surface area contributed by atoms with Crippen molar-refractivity contribution in [1.82, 2.24) is 19.4 Å². The Labute approximate surface area is 142 Å². The van der Waals surface area contributed by atoms with Crippen LogP contribution in [0.2, 0.25) is 0 Å². The van der Waals surface area contributed by atoms with Crippen LogP contribution in [-0.4, -0.2) is 57.1 Å². The van der Waals surface area contributed by atoms with Crippen molar-refractivity contribution in [3.05, 3.63) is 24.5 Å². The number of fused-ring (bicyclic) bond motifs is 1. The van der Waals surface area contributed by atoms with E-state index in [9.17, 15) is 4.79 Å². The summed E-state index contributed by atoms with van der Waals surface area (Å²) in [5.41, 5.74) is 2.79. The van der Waals surface area contributed by atoms with Crippen molar-refractivity contribution in [3.8, 4) is 0 Å². The number of carbonyl (C=O) groups is 1. The third-order valence-electron chi connectivity index (χ3n) is 5.45. The van der Waals surface area contributed by atoms with Crippen LogP contribution in [0, 0.1) is 0 Å². The first-order chi connectivity index (χ1) is 11.6. The van der Waals surface area contributed by atoms with Crippen LogP contribution in [-0.2, 0) is 7.05 Å². The molecule has 128 valence electrons. The second-order valence-electron chi connectivity index (χ2n) is 7.13. The lowest BCUT2D eigenvalue weighted by Gasteiger charge is -2.49. The Hall–Kier alpha value is -2.08.